The van der Waals surface area contributed by atoms with Gasteiger partial charge in [0, 0.05) is 20.2 Å². The fourth-order valence-electron chi connectivity index (χ4n) is 2.35. The Bertz CT molecular complexity index is 865. The second-order valence-corrected chi connectivity index (χ2v) is 7.88. The first-order valence-electron chi connectivity index (χ1n) is 7.06. The molecule has 0 bridgehead atoms. The highest BCUT2D eigenvalue weighted by Gasteiger charge is 2.16. The number of anilines is 1. The zero-order valence-corrected chi connectivity index (χ0v) is 14.6. The number of hydrogen-bond acceptors (Lipinski definition) is 4. The lowest BCUT2D eigenvalue weighted by atomic mass is 10.1. The number of aromatic nitrogens is 1. The highest BCUT2D eigenvalue weighted by Crippen LogP contribution is 2.31. The molecule has 0 atom stereocenters. The molecule has 0 aliphatic rings. The maximum atomic E-state index is 13.0. The standard InChI is InChI=1S/C17H15FN2OS2/c1-9-8-14(10(2)22-9)16(21)20-17-19-15(11(3)23-17)12-4-6-13(18)7-5-12/h4-8H,1-3H3,(H,19,20,21). The lowest BCUT2D eigenvalue weighted by Crippen LogP contribution is -2.11. The molecule has 3 nitrogen and oxygen atoms in total. The second-order valence-electron chi connectivity index (χ2n) is 5.21. The van der Waals surface area contributed by atoms with Crippen LogP contribution in [0.3, 0.4) is 0 Å². The van der Waals surface area contributed by atoms with Gasteiger partial charge in [-0.1, -0.05) is 0 Å². The van der Waals surface area contributed by atoms with Gasteiger partial charge in [-0.3, -0.25) is 10.1 Å². The van der Waals surface area contributed by atoms with E-state index in [4.69, 9.17) is 0 Å². The number of carbonyl (C=O) groups excluding carboxylic acids is 1. The van der Waals surface area contributed by atoms with Crippen molar-refractivity contribution >= 4 is 33.7 Å². The molecule has 0 aliphatic carbocycles. The van der Waals surface area contributed by atoms with E-state index in [9.17, 15) is 9.18 Å². The van der Waals surface area contributed by atoms with Crippen LogP contribution < -0.4 is 5.32 Å². The first kappa shape index (κ1) is 15.8. The third-order valence-electron chi connectivity index (χ3n) is 3.42. The van der Waals surface area contributed by atoms with Crippen LogP contribution in [0, 0.1) is 26.6 Å². The Morgan fingerprint density at radius 1 is 1.09 bits per heavy atom. The van der Waals surface area contributed by atoms with Crippen LogP contribution in [-0.2, 0) is 0 Å². The zero-order valence-electron chi connectivity index (χ0n) is 12.9. The van der Waals surface area contributed by atoms with Crippen molar-refractivity contribution in [1.82, 2.24) is 4.98 Å². The van der Waals surface area contributed by atoms with Crippen LogP contribution in [0.2, 0.25) is 0 Å². The Labute approximate surface area is 141 Å². The number of halogens is 1. The summed E-state index contributed by atoms with van der Waals surface area (Å²) in [7, 11) is 0. The molecule has 1 N–H and O–H groups in total. The van der Waals surface area contributed by atoms with Gasteiger partial charge in [0.25, 0.3) is 5.91 Å². The number of thiazole rings is 1. The van der Waals surface area contributed by atoms with Crippen LogP contribution in [0.4, 0.5) is 9.52 Å². The Morgan fingerprint density at radius 2 is 1.78 bits per heavy atom. The number of hydrogen-bond donors (Lipinski definition) is 1. The van der Waals surface area contributed by atoms with Crippen LogP contribution >= 0.6 is 22.7 Å². The quantitative estimate of drug-likeness (QED) is 0.709. The molecule has 2 aromatic heterocycles. The van der Waals surface area contributed by atoms with E-state index in [1.54, 1.807) is 23.5 Å². The molecule has 118 valence electrons. The van der Waals surface area contributed by atoms with Crippen LogP contribution in [0.5, 0.6) is 0 Å². The summed E-state index contributed by atoms with van der Waals surface area (Å²) in [6, 6.07) is 8.08. The first-order valence-corrected chi connectivity index (χ1v) is 8.69. The van der Waals surface area contributed by atoms with Gasteiger partial charge in [0.05, 0.1) is 11.3 Å². The average Bonchev–Trinajstić information content (AvgIpc) is 3.02. The number of nitrogens with zero attached hydrogens (tertiary/aromatic N) is 1. The van der Waals surface area contributed by atoms with Crippen LogP contribution in [0.25, 0.3) is 11.3 Å². The maximum Gasteiger partial charge on any atom is 0.258 e. The van der Waals surface area contributed by atoms with Gasteiger partial charge in [-0.05, 0) is 51.1 Å². The van der Waals surface area contributed by atoms with Crippen molar-refractivity contribution in [3.05, 3.63) is 56.3 Å². The number of benzene rings is 1. The van der Waals surface area contributed by atoms with E-state index in [-0.39, 0.29) is 11.7 Å². The van der Waals surface area contributed by atoms with Gasteiger partial charge in [-0.15, -0.1) is 22.7 Å². The van der Waals surface area contributed by atoms with Gasteiger partial charge in [0.15, 0.2) is 5.13 Å². The van der Waals surface area contributed by atoms with E-state index in [2.05, 4.69) is 10.3 Å². The Kier molecular flexibility index (Phi) is 4.28. The van der Waals surface area contributed by atoms with E-state index in [1.807, 2.05) is 26.8 Å². The zero-order chi connectivity index (χ0) is 16.6. The molecular weight excluding hydrogens is 331 g/mol. The number of carbonyl (C=O) groups is 1. The molecular formula is C17H15FN2OS2. The Morgan fingerprint density at radius 3 is 2.39 bits per heavy atom. The van der Waals surface area contributed by atoms with E-state index < -0.39 is 0 Å². The summed E-state index contributed by atoms with van der Waals surface area (Å²) in [6.45, 7) is 5.85. The smallest absolute Gasteiger partial charge is 0.258 e. The van der Waals surface area contributed by atoms with Gasteiger partial charge in [0.1, 0.15) is 5.82 Å². The molecule has 0 saturated heterocycles. The second kappa shape index (κ2) is 6.22. The fraction of sp³-hybridized carbons (Fsp3) is 0.176. The topological polar surface area (TPSA) is 42.0 Å². The number of aryl methyl sites for hydroxylation is 3. The third-order valence-corrected chi connectivity index (χ3v) is 5.27. The molecule has 1 aromatic carbocycles. The SMILES string of the molecule is Cc1cc(C(=O)Nc2nc(-c3ccc(F)cc3)c(C)s2)c(C)s1. The summed E-state index contributed by atoms with van der Waals surface area (Å²) >= 11 is 3.02. The maximum absolute atomic E-state index is 13.0. The van der Waals surface area contributed by atoms with Crippen molar-refractivity contribution in [1.29, 1.82) is 0 Å². The monoisotopic (exact) mass is 346 g/mol. The van der Waals surface area contributed by atoms with Gasteiger partial charge in [-0.25, -0.2) is 9.37 Å². The van der Waals surface area contributed by atoms with E-state index in [0.717, 1.165) is 25.9 Å². The summed E-state index contributed by atoms with van der Waals surface area (Å²) in [6.07, 6.45) is 0. The number of amides is 1. The molecule has 0 saturated carbocycles. The lowest BCUT2D eigenvalue weighted by molar-refractivity contribution is 0.102. The van der Waals surface area contributed by atoms with Crippen molar-refractivity contribution in [2.45, 2.75) is 20.8 Å². The molecule has 0 unspecified atom stereocenters. The minimum Gasteiger partial charge on any atom is -0.298 e. The summed E-state index contributed by atoms with van der Waals surface area (Å²) in [4.78, 5) is 19.9. The largest absolute Gasteiger partial charge is 0.298 e. The normalized spacial score (nSPS) is 10.8. The Hall–Kier alpha value is -2.05. The summed E-state index contributed by atoms with van der Waals surface area (Å²) in [5.74, 6) is -0.426. The fourth-order valence-corrected chi connectivity index (χ4v) is 4.10. The molecule has 0 radical (unpaired) electrons. The molecule has 0 aliphatic heterocycles. The van der Waals surface area contributed by atoms with Gasteiger partial charge in [-0.2, -0.15) is 0 Å². The van der Waals surface area contributed by atoms with Crippen molar-refractivity contribution in [2.75, 3.05) is 5.32 Å². The minimum atomic E-state index is -0.279. The average molecular weight is 346 g/mol. The van der Waals surface area contributed by atoms with Crippen LogP contribution in [-0.4, -0.2) is 10.9 Å². The summed E-state index contributed by atoms with van der Waals surface area (Å²) < 4.78 is 13.0. The first-order chi connectivity index (χ1) is 10.9. The summed E-state index contributed by atoms with van der Waals surface area (Å²) in [5, 5.41) is 3.41. The molecule has 3 aromatic rings. The summed E-state index contributed by atoms with van der Waals surface area (Å²) in [5.41, 5.74) is 2.29. The van der Waals surface area contributed by atoms with Crippen LogP contribution in [0.1, 0.15) is 25.0 Å². The predicted octanol–water partition coefficient (Wildman–Crippen LogP) is 5.19. The molecule has 0 fully saturated rings. The van der Waals surface area contributed by atoms with E-state index in [1.165, 1.54) is 23.5 Å². The molecule has 23 heavy (non-hydrogen) atoms. The van der Waals surface area contributed by atoms with Gasteiger partial charge < -0.3 is 0 Å². The number of rotatable bonds is 3. The highest BCUT2D eigenvalue weighted by atomic mass is 32.1. The molecule has 1 amide bonds. The molecule has 6 heteroatoms. The van der Waals surface area contributed by atoms with E-state index >= 15 is 0 Å². The number of nitrogens with one attached hydrogen (secondary N) is 1. The van der Waals surface area contributed by atoms with E-state index in [0.29, 0.717) is 10.7 Å². The van der Waals surface area contributed by atoms with Crippen LogP contribution in [0.15, 0.2) is 30.3 Å². The highest BCUT2D eigenvalue weighted by molar-refractivity contribution is 7.16. The van der Waals surface area contributed by atoms with Gasteiger partial charge in [0.2, 0.25) is 0 Å². The molecule has 0 spiro atoms. The van der Waals surface area contributed by atoms with Crippen molar-refractivity contribution in [3.8, 4) is 11.3 Å². The molecule has 2 heterocycles. The van der Waals surface area contributed by atoms with Crippen molar-refractivity contribution < 1.29 is 9.18 Å². The Balaban J connectivity index is 1.85. The van der Waals surface area contributed by atoms with Gasteiger partial charge >= 0.3 is 0 Å². The third kappa shape index (κ3) is 3.33. The van der Waals surface area contributed by atoms with Crippen molar-refractivity contribution in [2.24, 2.45) is 0 Å². The minimum absolute atomic E-state index is 0.147. The lowest BCUT2D eigenvalue weighted by Gasteiger charge is -2.00. The molecule has 3 rings (SSSR count). The predicted molar refractivity (Wildman–Crippen MR) is 94.0 cm³/mol. The number of thiophene rings is 1. The van der Waals surface area contributed by atoms with Crippen molar-refractivity contribution in [3.63, 3.8) is 0 Å².